The zero-order chi connectivity index (χ0) is 26.2. The SMILES string of the molecule is CC(F)=C(F)c1ccc(C2CCC(C3CCC(c4cc(F)c(C(F)(F)F)c(F)c4)CC3)OC2)c(F)c1. The van der Waals surface area contributed by atoms with Gasteiger partial charge in [-0.3, -0.25) is 0 Å². The Bertz CT molecular complexity index is 1100. The van der Waals surface area contributed by atoms with Crippen molar-refractivity contribution >= 4 is 5.83 Å². The molecule has 0 radical (unpaired) electrons. The number of benzene rings is 2. The average molecular weight is 518 g/mol. The number of rotatable bonds is 4. The second-order valence-corrected chi connectivity index (χ2v) is 9.70. The third-order valence-corrected chi connectivity index (χ3v) is 7.42. The highest BCUT2D eigenvalue weighted by atomic mass is 19.4. The second-order valence-electron chi connectivity index (χ2n) is 9.70. The van der Waals surface area contributed by atoms with Crippen LogP contribution in [0.4, 0.5) is 35.1 Å². The molecule has 196 valence electrons. The van der Waals surface area contributed by atoms with Crippen LogP contribution in [0.15, 0.2) is 36.2 Å². The Hall–Kier alpha value is -2.42. The summed E-state index contributed by atoms with van der Waals surface area (Å²) in [4.78, 5) is 0. The molecule has 0 N–H and O–H groups in total. The molecule has 2 fully saturated rings. The fraction of sp³-hybridized carbons (Fsp3) is 0.481. The van der Waals surface area contributed by atoms with Crippen molar-refractivity contribution in [3.05, 3.63) is 75.9 Å². The fourth-order valence-electron chi connectivity index (χ4n) is 5.51. The van der Waals surface area contributed by atoms with Crippen LogP contribution in [0, 0.1) is 23.4 Å². The van der Waals surface area contributed by atoms with Gasteiger partial charge < -0.3 is 4.74 Å². The van der Waals surface area contributed by atoms with Gasteiger partial charge in [-0.1, -0.05) is 12.1 Å². The van der Waals surface area contributed by atoms with Crippen LogP contribution in [0.3, 0.4) is 0 Å². The van der Waals surface area contributed by atoms with E-state index in [-0.39, 0.29) is 41.6 Å². The molecule has 2 atom stereocenters. The van der Waals surface area contributed by atoms with E-state index in [1.54, 1.807) is 0 Å². The quantitative estimate of drug-likeness (QED) is 0.367. The largest absolute Gasteiger partial charge is 0.422 e. The van der Waals surface area contributed by atoms with E-state index in [9.17, 15) is 35.1 Å². The van der Waals surface area contributed by atoms with Crippen LogP contribution < -0.4 is 0 Å². The second kappa shape index (κ2) is 10.5. The summed E-state index contributed by atoms with van der Waals surface area (Å²) in [5.41, 5.74) is -1.41. The van der Waals surface area contributed by atoms with Crippen molar-refractivity contribution in [2.75, 3.05) is 6.61 Å². The number of ether oxygens (including phenoxy) is 1. The summed E-state index contributed by atoms with van der Waals surface area (Å²) in [7, 11) is 0. The molecule has 2 aromatic carbocycles. The maximum atomic E-state index is 14.6. The van der Waals surface area contributed by atoms with Crippen molar-refractivity contribution in [1.82, 2.24) is 0 Å². The Morgan fingerprint density at radius 1 is 0.806 bits per heavy atom. The van der Waals surface area contributed by atoms with Gasteiger partial charge in [-0.05, 0) is 86.6 Å². The standard InChI is InChI=1S/C27H26F8O/c1-14(28)26(32)17-6-8-20(21(29)10-17)18-7-9-24(36-13-18)16-4-2-15(3-5-16)19-11-22(30)25(23(31)12-19)27(33,34)35/h6,8,10-12,15-16,18,24H,2-5,7,9,13H2,1H3. The molecule has 2 unspecified atom stereocenters. The topological polar surface area (TPSA) is 9.23 Å². The van der Waals surface area contributed by atoms with Gasteiger partial charge in [0.1, 0.15) is 28.8 Å². The molecule has 0 spiro atoms. The predicted molar refractivity (Wildman–Crippen MR) is 119 cm³/mol. The third-order valence-electron chi connectivity index (χ3n) is 7.42. The Balaban J connectivity index is 1.33. The molecule has 0 aromatic heterocycles. The maximum absolute atomic E-state index is 14.6. The summed E-state index contributed by atoms with van der Waals surface area (Å²) in [6.45, 7) is 1.24. The van der Waals surface area contributed by atoms with E-state index < -0.39 is 40.8 Å². The normalized spacial score (nSPS) is 26.0. The highest BCUT2D eigenvalue weighted by molar-refractivity contribution is 5.61. The lowest BCUT2D eigenvalue weighted by atomic mass is 9.74. The summed E-state index contributed by atoms with van der Waals surface area (Å²) in [6.07, 6.45) is -1.31. The van der Waals surface area contributed by atoms with Crippen molar-refractivity contribution in [3.63, 3.8) is 0 Å². The molecule has 9 heteroatoms. The number of halogens is 8. The fourth-order valence-corrected chi connectivity index (χ4v) is 5.51. The van der Waals surface area contributed by atoms with Gasteiger partial charge in [-0.15, -0.1) is 0 Å². The van der Waals surface area contributed by atoms with Crippen LogP contribution in [0.2, 0.25) is 0 Å². The van der Waals surface area contributed by atoms with Crippen LogP contribution in [0.5, 0.6) is 0 Å². The summed E-state index contributed by atoms with van der Waals surface area (Å²) in [5, 5.41) is 0. The molecule has 1 aliphatic heterocycles. The Kier molecular flexibility index (Phi) is 7.78. The number of hydrogen-bond acceptors (Lipinski definition) is 1. The van der Waals surface area contributed by atoms with Gasteiger partial charge in [0.15, 0.2) is 5.83 Å². The van der Waals surface area contributed by atoms with Gasteiger partial charge in [-0.2, -0.15) is 13.2 Å². The summed E-state index contributed by atoms with van der Waals surface area (Å²) in [6, 6.07) is 5.35. The molecule has 1 saturated carbocycles. The minimum Gasteiger partial charge on any atom is -0.377 e. The summed E-state index contributed by atoms with van der Waals surface area (Å²) in [5.74, 6) is -6.20. The molecule has 0 amide bonds. The van der Waals surface area contributed by atoms with Gasteiger partial charge in [0.2, 0.25) is 0 Å². The zero-order valence-corrected chi connectivity index (χ0v) is 19.6. The van der Waals surface area contributed by atoms with Crippen LogP contribution >= 0.6 is 0 Å². The van der Waals surface area contributed by atoms with E-state index in [1.807, 2.05) is 0 Å². The van der Waals surface area contributed by atoms with Crippen LogP contribution in [-0.4, -0.2) is 12.7 Å². The third kappa shape index (κ3) is 5.61. The lowest BCUT2D eigenvalue weighted by molar-refractivity contribution is -0.142. The first kappa shape index (κ1) is 26.6. The van der Waals surface area contributed by atoms with E-state index >= 15 is 0 Å². The average Bonchev–Trinajstić information content (AvgIpc) is 2.82. The molecule has 4 rings (SSSR count). The molecule has 1 aliphatic carbocycles. The Morgan fingerprint density at radius 2 is 1.42 bits per heavy atom. The molecule has 2 aliphatic rings. The van der Waals surface area contributed by atoms with Crippen molar-refractivity contribution in [3.8, 4) is 0 Å². The van der Waals surface area contributed by atoms with Crippen molar-refractivity contribution in [1.29, 1.82) is 0 Å². The van der Waals surface area contributed by atoms with Gasteiger partial charge in [0, 0.05) is 11.5 Å². The lowest BCUT2D eigenvalue weighted by Crippen LogP contribution is -2.33. The molecular formula is C27H26F8O. The summed E-state index contributed by atoms with van der Waals surface area (Å²) >= 11 is 0. The van der Waals surface area contributed by atoms with Gasteiger partial charge in [0.05, 0.1) is 12.7 Å². The van der Waals surface area contributed by atoms with E-state index in [2.05, 4.69) is 0 Å². The minimum atomic E-state index is -5.09. The van der Waals surface area contributed by atoms with Gasteiger partial charge in [-0.25, -0.2) is 22.0 Å². The first-order valence-electron chi connectivity index (χ1n) is 11.9. The number of hydrogen-bond donors (Lipinski definition) is 0. The first-order valence-corrected chi connectivity index (χ1v) is 11.9. The first-order chi connectivity index (χ1) is 17.0. The van der Waals surface area contributed by atoms with Crippen molar-refractivity contribution < 1.29 is 39.9 Å². The van der Waals surface area contributed by atoms with Crippen LogP contribution in [0.25, 0.3) is 5.83 Å². The Labute approximate surface area is 204 Å². The molecule has 1 saturated heterocycles. The zero-order valence-electron chi connectivity index (χ0n) is 19.6. The highest BCUT2D eigenvalue weighted by Crippen LogP contribution is 2.43. The van der Waals surface area contributed by atoms with Crippen LogP contribution in [-0.2, 0) is 10.9 Å². The maximum Gasteiger partial charge on any atom is 0.422 e. The van der Waals surface area contributed by atoms with Crippen molar-refractivity contribution in [2.24, 2.45) is 5.92 Å². The number of alkyl halides is 3. The molecule has 2 aromatic rings. The predicted octanol–water partition coefficient (Wildman–Crippen LogP) is 8.99. The van der Waals surface area contributed by atoms with E-state index in [0.29, 0.717) is 44.1 Å². The van der Waals surface area contributed by atoms with Crippen molar-refractivity contribution in [2.45, 2.75) is 69.6 Å². The molecule has 1 nitrogen and oxygen atoms in total. The van der Waals surface area contributed by atoms with Crippen LogP contribution in [0.1, 0.15) is 79.5 Å². The minimum absolute atomic E-state index is 0.0693. The lowest BCUT2D eigenvalue weighted by Gasteiger charge is -2.38. The van der Waals surface area contributed by atoms with Gasteiger partial charge >= 0.3 is 6.18 Å². The molecule has 1 heterocycles. The highest BCUT2D eigenvalue weighted by Gasteiger charge is 2.39. The number of allylic oxidation sites excluding steroid dienone is 1. The van der Waals surface area contributed by atoms with E-state index in [4.69, 9.17) is 4.74 Å². The molecule has 36 heavy (non-hydrogen) atoms. The van der Waals surface area contributed by atoms with E-state index in [1.165, 1.54) is 12.1 Å². The molecular weight excluding hydrogens is 492 g/mol. The van der Waals surface area contributed by atoms with E-state index in [0.717, 1.165) is 25.1 Å². The monoisotopic (exact) mass is 518 g/mol. The smallest absolute Gasteiger partial charge is 0.377 e. The Morgan fingerprint density at radius 3 is 1.92 bits per heavy atom. The summed E-state index contributed by atoms with van der Waals surface area (Å²) < 4.78 is 114. The molecule has 0 bridgehead atoms. The van der Waals surface area contributed by atoms with Gasteiger partial charge in [0.25, 0.3) is 0 Å².